The van der Waals surface area contributed by atoms with Gasteiger partial charge in [0.15, 0.2) is 12.2 Å². The number of hydrogen-bond donors (Lipinski definition) is 2. The largest absolute Gasteiger partial charge is 0.380 e. The molecule has 1 fully saturated rings. The van der Waals surface area contributed by atoms with Gasteiger partial charge in [-0.25, -0.2) is 4.90 Å². The standard InChI is InChI=1S/C11H11NO4/c1-6-4-2-3-5-7(6)12-10(15)8(13)9(14)11(12)16/h2-5,8-9,13-14H,1H3/t8-,9-/m0/s1. The number of para-hydroxylation sites is 1. The summed E-state index contributed by atoms with van der Waals surface area (Å²) in [6, 6.07) is 6.79. The first-order valence-electron chi connectivity index (χ1n) is 4.83. The molecule has 0 aliphatic carbocycles. The van der Waals surface area contributed by atoms with Crippen molar-refractivity contribution >= 4 is 17.5 Å². The van der Waals surface area contributed by atoms with Crippen LogP contribution in [0.2, 0.25) is 0 Å². The van der Waals surface area contributed by atoms with Crippen LogP contribution in [0, 0.1) is 6.92 Å². The zero-order valence-corrected chi connectivity index (χ0v) is 8.62. The molecule has 1 heterocycles. The Morgan fingerprint density at radius 3 is 2.06 bits per heavy atom. The van der Waals surface area contributed by atoms with Gasteiger partial charge in [0, 0.05) is 0 Å². The second-order valence-corrected chi connectivity index (χ2v) is 3.69. The number of aliphatic hydroxyl groups excluding tert-OH is 2. The maximum atomic E-state index is 11.6. The Labute approximate surface area is 91.9 Å². The Morgan fingerprint density at radius 2 is 1.56 bits per heavy atom. The molecule has 0 unspecified atom stereocenters. The number of imide groups is 1. The molecule has 5 heteroatoms. The molecule has 1 aliphatic rings. The summed E-state index contributed by atoms with van der Waals surface area (Å²) < 4.78 is 0. The molecule has 1 saturated heterocycles. The molecule has 0 radical (unpaired) electrons. The molecule has 2 amide bonds. The van der Waals surface area contributed by atoms with Crippen LogP contribution in [0.25, 0.3) is 0 Å². The van der Waals surface area contributed by atoms with E-state index >= 15 is 0 Å². The van der Waals surface area contributed by atoms with E-state index in [1.54, 1.807) is 31.2 Å². The van der Waals surface area contributed by atoms with Gasteiger partial charge in [0.1, 0.15) is 0 Å². The molecule has 0 aromatic heterocycles. The Kier molecular flexibility index (Phi) is 2.49. The normalized spacial score (nSPS) is 25.3. The first-order chi connectivity index (χ1) is 7.54. The zero-order valence-electron chi connectivity index (χ0n) is 8.62. The summed E-state index contributed by atoms with van der Waals surface area (Å²) in [4.78, 5) is 24.0. The Bertz CT molecular complexity index is 437. The van der Waals surface area contributed by atoms with E-state index in [4.69, 9.17) is 0 Å². The second kappa shape index (κ2) is 3.70. The van der Waals surface area contributed by atoms with Gasteiger partial charge in [-0.3, -0.25) is 9.59 Å². The quantitative estimate of drug-likeness (QED) is 0.632. The highest BCUT2D eigenvalue weighted by Crippen LogP contribution is 2.25. The van der Waals surface area contributed by atoms with E-state index in [0.717, 1.165) is 10.5 Å². The van der Waals surface area contributed by atoms with Gasteiger partial charge in [-0.1, -0.05) is 18.2 Å². The van der Waals surface area contributed by atoms with Gasteiger partial charge in [-0.05, 0) is 18.6 Å². The van der Waals surface area contributed by atoms with Gasteiger partial charge >= 0.3 is 0 Å². The van der Waals surface area contributed by atoms with E-state index in [9.17, 15) is 19.8 Å². The minimum Gasteiger partial charge on any atom is -0.380 e. The fourth-order valence-corrected chi connectivity index (χ4v) is 1.69. The van der Waals surface area contributed by atoms with Crippen LogP contribution < -0.4 is 4.90 Å². The smallest absolute Gasteiger partial charge is 0.265 e. The van der Waals surface area contributed by atoms with Crippen LogP contribution in [0.5, 0.6) is 0 Å². The third kappa shape index (κ3) is 1.41. The maximum absolute atomic E-state index is 11.6. The molecule has 2 N–H and O–H groups in total. The van der Waals surface area contributed by atoms with Crippen LogP contribution in [-0.2, 0) is 9.59 Å². The average Bonchev–Trinajstić information content (AvgIpc) is 2.45. The van der Waals surface area contributed by atoms with E-state index in [2.05, 4.69) is 0 Å². The fraction of sp³-hybridized carbons (Fsp3) is 0.273. The van der Waals surface area contributed by atoms with Crippen molar-refractivity contribution in [2.45, 2.75) is 19.1 Å². The number of aryl methyl sites for hydroxylation is 1. The van der Waals surface area contributed by atoms with Crippen LogP contribution in [-0.4, -0.2) is 34.2 Å². The van der Waals surface area contributed by atoms with Crippen molar-refractivity contribution in [1.82, 2.24) is 0 Å². The number of nitrogens with zero attached hydrogens (tertiary/aromatic N) is 1. The lowest BCUT2D eigenvalue weighted by Crippen LogP contribution is -2.32. The summed E-state index contributed by atoms with van der Waals surface area (Å²) in [5, 5.41) is 18.6. The molecule has 2 rings (SSSR count). The first kappa shape index (κ1) is 10.8. The predicted molar refractivity (Wildman–Crippen MR) is 55.7 cm³/mol. The molecular formula is C11H11NO4. The highest BCUT2D eigenvalue weighted by molar-refractivity contribution is 6.24. The van der Waals surface area contributed by atoms with Crippen LogP contribution in [0.4, 0.5) is 5.69 Å². The molecule has 0 spiro atoms. The van der Waals surface area contributed by atoms with Crippen LogP contribution in [0.1, 0.15) is 5.56 Å². The molecule has 5 nitrogen and oxygen atoms in total. The van der Waals surface area contributed by atoms with Crippen molar-refractivity contribution in [2.24, 2.45) is 0 Å². The third-order valence-electron chi connectivity index (χ3n) is 2.60. The lowest BCUT2D eigenvalue weighted by Gasteiger charge is -2.15. The lowest BCUT2D eigenvalue weighted by molar-refractivity contribution is -0.129. The summed E-state index contributed by atoms with van der Waals surface area (Å²) in [7, 11) is 0. The van der Waals surface area contributed by atoms with Gasteiger partial charge in [0.05, 0.1) is 5.69 Å². The maximum Gasteiger partial charge on any atom is 0.265 e. The molecule has 84 valence electrons. The summed E-state index contributed by atoms with van der Waals surface area (Å²) in [5.41, 5.74) is 1.12. The molecule has 0 saturated carbocycles. The van der Waals surface area contributed by atoms with E-state index in [-0.39, 0.29) is 0 Å². The van der Waals surface area contributed by atoms with Gasteiger partial charge in [0.25, 0.3) is 11.8 Å². The summed E-state index contributed by atoms with van der Waals surface area (Å²) in [6.45, 7) is 1.74. The van der Waals surface area contributed by atoms with Crippen molar-refractivity contribution in [3.8, 4) is 0 Å². The molecule has 1 aromatic carbocycles. The zero-order chi connectivity index (χ0) is 11.9. The minimum atomic E-state index is -1.66. The van der Waals surface area contributed by atoms with Gasteiger partial charge in [-0.15, -0.1) is 0 Å². The highest BCUT2D eigenvalue weighted by atomic mass is 16.4. The van der Waals surface area contributed by atoms with Crippen LogP contribution >= 0.6 is 0 Å². The molecule has 0 bridgehead atoms. The topological polar surface area (TPSA) is 77.8 Å². The molecule has 16 heavy (non-hydrogen) atoms. The number of aliphatic hydroxyl groups is 2. The minimum absolute atomic E-state index is 0.396. The number of carbonyl (C=O) groups is 2. The fourth-order valence-electron chi connectivity index (χ4n) is 1.69. The number of rotatable bonds is 1. The Morgan fingerprint density at radius 1 is 1.06 bits per heavy atom. The van der Waals surface area contributed by atoms with Crippen molar-refractivity contribution in [3.63, 3.8) is 0 Å². The van der Waals surface area contributed by atoms with Gasteiger partial charge in [0.2, 0.25) is 0 Å². The third-order valence-corrected chi connectivity index (χ3v) is 2.60. The molecule has 1 aromatic rings. The van der Waals surface area contributed by atoms with Gasteiger partial charge in [-0.2, -0.15) is 0 Å². The van der Waals surface area contributed by atoms with Crippen molar-refractivity contribution in [1.29, 1.82) is 0 Å². The molecular weight excluding hydrogens is 210 g/mol. The second-order valence-electron chi connectivity index (χ2n) is 3.69. The predicted octanol–water partition coefficient (Wildman–Crippen LogP) is -0.410. The van der Waals surface area contributed by atoms with E-state index < -0.39 is 24.0 Å². The average molecular weight is 221 g/mol. The van der Waals surface area contributed by atoms with Crippen LogP contribution in [0.15, 0.2) is 24.3 Å². The first-order valence-corrected chi connectivity index (χ1v) is 4.83. The van der Waals surface area contributed by atoms with Crippen molar-refractivity contribution in [2.75, 3.05) is 4.90 Å². The number of carbonyl (C=O) groups excluding carboxylic acids is 2. The monoisotopic (exact) mass is 221 g/mol. The summed E-state index contributed by atoms with van der Waals surface area (Å²) in [5.74, 6) is -1.57. The summed E-state index contributed by atoms with van der Waals surface area (Å²) in [6.07, 6.45) is -3.32. The summed E-state index contributed by atoms with van der Waals surface area (Å²) >= 11 is 0. The SMILES string of the molecule is Cc1ccccc1N1C(=O)[C@@H](O)[C@H](O)C1=O. The number of amides is 2. The molecule has 2 atom stereocenters. The number of hydrogen-bond acceptors (Lipinski definition) is 4. The highest BCUT2D eigenvalue weighted by Gasteiger charge is 2.46. The van der Waals surface area contributed by atoms with Crippen molar-refractivity contribution in [3.05, 3.63) is 29.8 Å². The van der Waals surface area contributed by atoms with E-state index in [1.807, 2.05) is 0 Å². The van der Waals surface area contributed by atoms with E-state index in [1.165, 1.54) is 0 Å². The van der Waals surface area contributed by atoms with Crippen LogP contribution in [0.3, 0.4) is 0 Å². The Balaban J connectivity index is 2.47. The number of benzene rings is 1. The molecule has 1 aliphatic heterocycles. The Hall–Kier alpha value is -1.72. The van der Waals surface area contributed by atoms with Crippen molar-refractivity contribution < 1.29 is 19.8 Å². The van der Waals surface area contributed by atoms with E-state index in [0.29, 0.717) is 5.69 Å². The number of anilines is 1. The van der Waals surface area contributed by atoms with Gasteiger partial charge < -0.3 is 10.2 Å². The lowest BCUT2D eigenvalue weighted by atomic mass is 10.2.